The molecule has 0 N–H and O–H groups in total. The Morgan fingerprint density at radius 3 is 2.76 bits per heavy atom. The van der Waals surface area contributed by atoms with E-state index < -0.39 is 0 Å². The highest BCUT2D eigenvalue weighted by molar-refractivity contribution is 9.11. The summed E-state index contributed by atoms with van der Waals surface area (Å²) in [7, 11) is 0. The minimum atomic E-state index is 0.139. The van der Waals surface area contributed by atoms with Crippen LogP contribution >= 0.6 is 38.6 Å². The van der Waals surface area contributed by atoms with Gasteiger partial charge in [0.25, 0.3) is 0 Å². The largest absolute Gasteiger partial charge is 0.321 e. The van der Waals surface area contributed by atoms with Gasteiger partial charge in [-0.05, 0) is 82.9 Å². The zero-order chi connectivity index (χ0) is 22.9. The Hall–Kier alpha value is -2.09. The summed E-state index contributed by atoms with van der Waals surface area (Å²) in [5.74, 6) is 1.71. The lowest BCUT2D eigenvalue weighted by Crippen LogP contribution is -2.21. The summed E-state index contributed by atoms with van der Waals surface area (Å²) in [6.07, 6.45) is 5.32. The summed E-state index contributed by atoms with van der Waals surface area (Å²) < 4.78 is 3.37. The van der Waals surface area contributed by atoms with E-state index >= 15 is 0 Å². The SMILES string of the molecule is CCC(=O)c1ccc2c(c1)nc(-c1ccsc1)n2C1CCCC(CC(=O)c2ccc(Br)s2)C1. The fourth-order valence-electron chi connectivity index (χ4n) is 4.95. The van der Waals surface area contributed by atoms with Gasteiger partial charge in [-0.25, -0.2) is 4.98 Å². The van der Waals surface area contributed by atoms with Crippen LogP contribution in [0.25, 0.3) is 22.4 Å². The Balaban J connectivity index is 1.47. The number of thiophene rings is 2. The van der Waals surface area contributed by atoms with Gasteiger partial charge in [-0.1, -0.05) is 13.3 Å². The molecule has 1 fully saturated rings. The Labute approximate surface area is 209 Å². The van der Waals surface area contributed by atoms with Crippen LogP contribution in [0.3, 0.4) is 0 Å². The topological polar surface area (TPSA) is 52.0 Å². The molecule has 2 unspecified atom stereocenters. The van der Waals surface area contributed by atoms with Crippen LogP contribution in [0, 0.1) is 5.92 Å². The average molecular weight is 542 g/mol. The van der Waals surface area contributed by atoms with Crippen molar-refractivity contribution in [1.29, 1.82) is 0 Å². The van der Waals surface area contributed by atoms with Crippen molar-refractivity contribution in [3.8, 4) is 11.4 Å². The van der Waals surface area contributed by atoms with Gasteiger partial charge in [0.15, 0.2) is 11.6 Å². The number of hydrogen-bond acceptors (Lipinski definition) is 5. The molecule has 0 bridgehead atoms. The number of benzene rings is 1. The van der Waals surface area contributed by atoms with Crippen LogP contribution in [0.1, 0.15) is 71.5 Å². The van der Waals surface area contributed by atoms with Crippen LogP contribution in [0.2, 0.25) is 0 Å². The molecule has 0 saturated heterocycles. The van der Waals surface area contributed by atoms with Crippen molar-refractivity contribution in [3.63, 3.8) is 0 Å². The Morgan fingerprint density at radius 1 is 1.15 bits per heavy atom. The van der Waals surface area contributed by atoms with Crippen LogP contribution < -0.4 is 0 Å². The van der Waals surface area contributed by atoms with E-state index in [1.54, 1.807) is 11.3 Å². The molecule has 1 aromatic carbocycles. The molecule has 170 valence electrons. The number of hydrogen-bond donors (Lipinski definition) is 0. The highest BCUT2D eigenvalue weighted by atomic mass is 79.9. The minimum absolute atomic E-state index is 0.139. The smallest absolute Gasteiger partial charge is 0.173 e. The zero-order valence-electron chi connectivity index (χ0n) is 18.4. The number of ketones is 2. The number of halogens is 1. The fraction of sp³-hybridized carbons (Fsp3) is 0.346. The van der Waals surface area contributed by atoms with E-state index in [-0.39, 0.29) is 11.6 Å². The first-order chi connectivity index (χ1) is 16.0. The molecule has 4 nitrogen and oxygen atoms in total. The molecular weight excluding hydrogens is 516 g/mol. The lowest BCUT2D eigenvalue weighted by molar-refractivity contribution is 0.0944. The van der Waals surface area contributed by atoms with Crippen molar-refractivity contribution in [2.75, 3.05) is 0 Å². The third-order valence-corrected chi connectivity index (χ3v) is 8.90. The molecule has 33 heavy (non-hydrogen) atoms. The highest BCUT2D eigenvalue weighted by Crippen LogP contribution is 2.40. The summed E-state index contributed by atoms with van der Waals surface area (Å²) in [5.41, 5.74) is 3.78. The van der Waals surface area contributed by atoms with E-state index in [0.717, 1.165) is 62.3 Å². The normalized spacial score (nSPS) is 18.6. The predicted octanol–water partition coefficient (Wildman–Crippen LogP) is 8.19. The van der Waals surface area contributed by atoms with Crippen molar-refractivity contribution < 1.29 is 9.59 Å². The Bertz CT molecular complexity index is 1310. The molecule has 1 aliphatic carbocycles. The van der Waals surface area contributed by atoms with E-state index in [4.69, 9.17) is 4.98 Å². The number of imidazole rings is 1. The van der Waals surface area contributed by atoms with Gasteiger partial charge >= 0.3 is 0 Å². The number of aromatic nitrogens is 2. The maximum Gasteiger partial charge on any atom is 0.173 e. The van der Waals surface area contributed by atoms with Gasteiger partial charge in [0, 0.05) is 35.4 Å². The van der Waals surface area contributed by atoms with E-state index in [0.29, 0.717) is 24.8 Å². The van der Waals surface area contributed by atoms with Crippen LogP contribution in [0.15, 0.2) is 50.9 Å². The van der Waals surface area contributed by atoms with Crippen molar-refractivity contribution in [3.05, 3.63) is 61.4 Å². The first-order valence-electron chi connectivity index (χ1n) is 11.4. The first kappa shape index (κ1) is 22.7. The van der Waals surface area contributed by atoms with Crippen molar-refractivity contribution in [1.82, 2.24) is 9.55 Å². The minimum Gasteiger partial charge on any atom is -0.321 e. The molecule has 0 spiro atoms. The Morgan fingerprint density at radius 2 is 2.03 bits per heavy atom. The second kappa shape index (κ2) is 9.65. The highest BCUT2D eigenvalue weighted by Gasteiger charge is 2.29. The van der Waals surface area contributed by atoms with E-state index in [1.807, 2.05) is 31.2 Å². The third kappa shape index (κ3) is 4.63. The average Bonchev–Trinajstić information content (AvgIpc) is 3.57. The van der Waals surface area contributed by atoms with Gasteiger partial charge in [0.05, 0.1) is 19.7 Å². The maximum absolute atomic E-state index is 12.9. The number of nitrogens with zero attached hydrogens (tertiary/aromatic N) is 2. The van der Waals surface area contributed by atoms with E-state index in [2.05, 4.69) is 43.4 Å². The summed E-state index contributed by atoms with van der Waals surface area (Å²) in [4.78, 5) is 31.0. The molecule has 0 amide bonds. The first-order valence-corrected chi connectivity index (χ1v) is 13.9. The monoisotopic (exact) mass is 540 g/mol. The van der Waals surface area contributed by atoms with E-state index in [1.165, 1.54) is 11.3 Å². The van der Waals surface area contributed by atoms with Gasteiger partial charge in [-0.2, -0.15) is 11.3 Å². The number of carbonyl (C=O) groups is 2. The van der Waals surface area contributed by atoms with Crippen molar-refractivity contribution >= 4 is 61.2 Å². The number of fused-ring (bicyclic) bond motifs is 1. The summed E-state index contributed by atoms with van der Waals surface area (Å²) in [6, 6.07) is 12.2. The lowest BCUT2D eigenvalue weighted by Gasteiger charge is -2.31. The molecule has 4 aromatic rings. The Kier molecular flexibility index (Phi) is 6.63. The number of Topliss-reactive ketones (excluding diaryl/α,β-unsaturated/α-hetero) is 2. The second-order valence-corrected chi connectivity index (χ2v) is 12.0. The molecule has 5 rings (SSSR count). The molecule has 7 heteroatoms. The van der Waals surface area contributed by atoms with Gasteiger partial charge in [0.1, 0.15) is 5.82 Å². The second-order valence-electron chi connectivity index (χ2n) is 8.72. The van der Waals surface area contributed by atoms with Crippen LogP contribution in [0.4, 0.5) is 0 Å². The van der Waals surface area contributed by atoms with Crippen LogP contribution in [0.5, 0.6) is 0 Å². The third-order valence-electron chi connectivity index (χ3n) is 6.55. The van der Waals surface area contributed by atoms with E-state index in [9.17, 15) is 9.59 Å². The molecule has 3 aromatic heterocycles. The van der Waals surface area contributed by atoms with Gasteiger partial charge < -0.3 is 4.57 Å². The lowest BCUT2D eigenvalue weighted by atomic mass is 9.82. The quantitative estimate of drug-likeness (QED) is 0.222. The predicted molar refractivity (Wildman–Crippen MR) is 140 cm³/mol. The number of rotatable bonds is 7. The fourth-order valence-corrected chi connectivity index (χ4v) is 6.92. The molecule has 0 radical (unpaired) electrons. The number of carbonyl (C=O) groups excluding carboxylic acids is 2. The maximum atomic E-state index is 12.9. The van der Waals surface area contributed by atoms with Crippen molar-refractivity contribution in [2.45, 2.75) is 51.5 Å². The summed E-state index contributed by atoms with van der Waals surface area (Å²) in [6.45, 7) is 1.89. The van der Waals surface area contributed by atoms with Gasteiger partial charge in [-0.3, -0.25) is 9.59 Å². The molecule has 1 aliphatic rings. The van der Waals surface area contributed by atoms with Gasteiger partial charge in [-0.15, -0.1) is 11.3 Å². The zero-order valence-corrected chi connectivity index (χ0v) is 21.6. The molecule has 1 saturated carbocycles. The molecule has 0 aliphatic heterocycles. The van der Waals surface area contributed by atoms with Gasteiger partial charge in [0.2, 0.25) is 0 Å². The van der Waals surface area contributed by atoms with Crippen LogP contribution in [-0.4, -0.2) is 21.1 Å². The van der Waals surface area contributed by atoms with Crippen molar-refractivity contribution in [2.24, 2.45) is 5.92 Å². The summed E-state index contributed by atoms with van der Waals surface area (Å²) >= 11 is 6.65. The molecule has 3 heterocycles. The summed E-state index contributed by atoms with van der Waals surface area (Å²) in [5, 5.41) is 4.21. The standard InChI is InChI=1S/C26H25BrN2O2S2/c1-2-22(30)17-6-7-21-20(14-17)28-26(18-10-11-32-15-18)29(21)19-5-3-4-16(12-19)13-23(31)24-8-9-25(27)33-24/h6-11,14-16,19H,2-5,12-13H2,1H3. The molecule has 2 atom stereocenters. The molecular formula is C26H25BrN2O2S2. The van der Waals surface area contributed by atoms with Crippen LogP contribution in [-0.2, 0) is 0 Å².